The number of hydrogen-bond donors (Lipinski definition) is 0. The fourth-order valence-corrected chi connectivity index (χ4v) is 3.43. The summed E-state index contributed by atoms with van der Waals surface area (Å²) in [7, 11) is 0. The molecule has 0 atom stereocenters. The van der Waals surface area contributed by atoms with Gasteiger partial charge in [-0.1, -0.05) is 0 Å². The van der Waals surface area contributed by atoms with Crippen molar-refractivity contribution in [2.75, 3.05) is 0 Å². The summed E-state index contributed by atoms with van der Waals surface area (Å²) in [4.78, 5) is 12.7. The average Bonchev–Trinajstić information content (AvgIpc) is 3.43. The van der Waals surface area contributed by atoms with E-state index in [0.717, 1.165) is 12.1 Å². The first-order chi connectivity index (χ1) is 15.1. The van der Waals surface area contributed by atoms with E-state index in [4.69, 9.17) is 0 Å². The smallest absolute Gasteiger partial charge is 0.164 e. The summed E-state index contributed by atoms with van der Waals surface area (Å²) in [6.45, 7) is 0.576. The van der Waals surface area contributed by atoms with Gasteiger partial charge in [-0.3, -0.25) is 4.98 Å². The summed E-state index contributed by atoms with van der Waals surface area (Å²) in [5.41, 5.74) is 0.728. The Labute approximate surface area is 174 Å². The first-order valence-electron chi connectivity index (χ1n) is 9.49. The van der Waals surface area contributed by atoms with Gasteiger partial charge in [-0.05, 0) is 35.7 Å². The van der Waals surface area contributed by atoms with Crippen molar-refractivity contribution >= 4 is 10.8 Å². The minimum atomic E-state index is -1.01. The van der Waals surface area contributed by atoms with E-state index in [1.165, 1.54) is 22.9 Å². The van der Waals surface area contributed by atoms with Gasteiger partial charge in [-0.15, -0.1) is 0 Å². The molecule has 0 aliphatic carbocycles. The molecule has 5 aromatic rings. The fraction of sp³-hybridized carbons (Fsp3) is 0.0909. The van der Waals surface area contributed by atoms with Crippen LogP contribution in [0.4, 0.5) is 13.2 Å². The van der Waals surface area contributed by atoms with Crippen LogP contribution in [-0.2, 0) is 13.0 Å². The molecule has 9 heteroatoms. The van der Waals surface area contributed by atoms with Crippen LogP contribution in [0.5, 0.6) is 0 Å². The molecule has 0 radical (unpaired) electrons. The summed E-state index contributed by atoms with van der Waals surface area (Å²) in [6.07, 6.45) is 8.82. The van der Waals surface area contributed by atoms with Gasteiger partial charge in [-0.25, -0.2) is 27.8 Å². The highest BCUT2D eigenvalue weighted by molar-refractivity contribution is 5.94. The number of aromatic nitrogens is 6. The average molecular weight is 420 g/mol. The lowest BCUT2D eigenvalue weighted by molar-refractivity contribution is 0.507. The summed E-state index contributed by atoms with van der Waals surface area (Å²) in [5.74, 6) is -1.65. The molecule has 6 nitrogen and oxygen atoms in total. The number of rotatable bonds is 5. The standard InChI is InChI=1S/C22H15F3N6/c23-15-9-14-3-5-26-12-18(14)17(10-15)22-28-21(4-7-30-8-6-27-13-30)29-31(22)16-1-2-19(24)20(25)11-16/h1-3,5-6,8-13H,4,7H2. The Hall–Kier alpha value is -4.01. The van der Waals surface area contributed by atoms with Crippen LogP contribution in [0, 0.1) is 17.5 Å². The first-order valence-corrected chi connectivity index (χ1v) is 9.49. The summed E-state index contributed by atoms with van der Waals surface area (Å²) in [6, 6.07) is 7.89. The number of benzene rings is 2. The Kier molecular flexibility index (Phi) is 4.70. The molecule has 0 fully saturated rings. The lowest BCUT2D eigenvalue weighted by Crippen LogP contribution is -2.03. The Morgan fingerprint density at radius 1 is 0.903 bits per heavy atom. The maximum absolute atomic E-state index is 14.4. The number of nitrogens with zero attached hydrogens (tertiary/aromatic N) is 6. The van der Waals surface area contributed by atoms with E-state index in [1.807, 2.05) is 10.8 Å². The normalized spacial score (nSPS) is 11.3. The Balaban J connectivity index is 1.67. The van der Waals surface area contributed by atoms with E-state index in [-0.39, 0.29) is 5.69 Å². The van der Waals surface area contributed by atoms with Crippen molar-refractivity contribution in [2.45, 2.75) is 13.0 Å². The minimum Gasteiger partial charge on any atom is -0.337 e. The van der Waals surface area contributed by atoms with Crippen molar-refractivity contribution < 1.29 is 13.2 Å². The molecule has 0 N–H and O–H groups in total. The molecule has 31 heavy (non-hydrogen) atoms. The Bertz CT molecular complexity index is 1380. The number of hydrogen-bond acceptors (Lipinski definition) is 4. The van der Waals surface area contributed by atoms with Crippen molar-refractivity contribution in [3.63, 3.8) is 0 Å². The van der Waals surface area contributed by atoms with Crippen LogP contribution in [0.15, 0.2) is 67.5 Å². The van der Waals surface area contributed by atoms with Crippen molar-refractivity contribution in [1.29, 1.82) is 0 Å². The van der Waals surface area contributed by atoms with Gasteiger partial charge in [0.25, 0.3) is 0 Å². The van der Waals surface area contributed by atoms with E-state index in [2.05, 4.69) is 20.1 Å². The zero-order chi connectivity index (χ0) is 21.4. The van der Waals surface area contributed by atoms with Gasteiger partial charge in [0.05, 0.1) is 12.0 Å². The van der Waals surface area contributed by atoms with Gasteiger partial charge in [0.2, 0.25) is 0 Å². The second-order valence-electron chi connectivity index (χ2n) is 6.96. The van der Waals surface area contributed by atoms with Gasteiger partial charge in [0.1, 0.15) is 5.82 Å². The molecule has 0 saturated carbocycles. The van der Waals surface area contributed by atoms with E-state index >= 15 is 0 Å². The maximum atomic E-state index is 14.4. The first kappa shape index (κ1) is 19.0. The summed E-state index contributed by atoms with van der Waals surface area (Å²) >= 11 is 0. The molecular formula is C22H15F3N6. The van der Waals surface area contributed by atoms with Crippen molar-refractivity contribution in [3.05, 3.63) is 90.8 Å². The molecule has 154 valence electrons. The van der Waals surface area contributed by atoms with Crippen LogP contribution in [0.3, 0.4) is 0 Å². The van der Waals surface area contributed by atoms with Gasteiger partial charge in [0.15, 0.2) is 23.3 Å². The van der Waals surface area contributed by atoms with Crippen LogP contribution < -0.4 is 0 Å². The van der Waals surface area contributed by atoms with Gasteiger partial charge >= 0.3 is 0 Å². The molecule has 0 amide bonds. The Morgan fingerprint density at radius 3 is 2.61 bits per heavy atom. The number of fused-ring (bicyclic) bond motifs is 1. The zero-order valence-electron chi connectivity index (χ0n) is 16.1. The molecule has 3 heterocycles. The van der Waals surface area contributed by atoms with Crippen LogP contribution in [0.2, 0.25) is 0 Å². The van der Waals surface area contributed by atoms with Gasteiger partial charge in [0, 0.05) is 54.8 Å². The molecule has 0 bridgehead atoms. The van der Waals surface area contributed by atoms with E-state index in [9.17, 15) is 13.2 Å². The predicted octanol–water partition coefficient (Wildman–Crippen LogP) is 4.34. The second-order valence-corrected chi connectivity index (χ2v) is 6.96. The monoisotopic (exact) mass is 420 g/mol. The molecule has 0 aliphatic rings. The highest BCUT2D eigenvalue weighted by atomic mass is 19.2. The largest absolute Gasteiger partial charge is 0.337 e. The van der Waals surface area contributed by atoms with Crippen molar-refractivity contribution in [3.8, 4) is 17.1 Å². The molecular weight excluding hydrogens is 405 g/mol. The molecule has 0 aliphatic heterocycles. The van der Waals surface area contributed by atoms with Crippen LogP contribution in [0.25, 0.3) is 27.8 Å². The second kappa shape index (κ2) is 7.67. The fourth-order valence-electron chi connectivity index (χ4n) is 3.43. The van der Waals surface area contributed by atoms with Crippen molar-refractivity contribution in [2.24, 2.45) is 0 Å². The quantitative estimate of drug-likeness (QED) is 0.424. The van der Waals surface area contributed by atoms with Crippen LogP contribution >= 0.6 is 0 Å². The minimum absolute atomic E-state index is 0.275. The summed E-state index contributed by atoms with van der Waals surface area (Å²) < 4.78 is 45.1. The third-order valence-electron chi connectivity index (χ3n) is 4.91. The topological polar surface area (TPSA) is 61.4 Å². The molecule has 0 unspecified atom stereocenters. The highest BCUT2D eigenvalue weighted by Crippen LogP contribution is 2.30. The van der Waals surface area contributed by atoms with E-state index < -0.39 is 17.5 Å². The lowest BCUT2D eigenvalue weighted by Gasteiger charge is -2.09. The van der Waals surface area contributed by atoms with E-state index in [0.29, 0.717) is 41.0 Å². The number of aryl methyl sites for hydroxylation is 2. The van der Waals surface area contributed by atoms with Crippen LogP contribution in [-0.4, -0.2) is 29.3 Å². The molecule has 0 saturated heterocycles. The third kappa shape index (κ3) is 3.65. The zero-order valence-corrected chi connectivity index (χ0v) is 16.1. The van der Waals surface area contributed by atoms with Crippen LogP contribution in [0.1, 0.15) is 5.82 Å². The number of pyridine rings is 1. The SMILES string of the molecule is Fc1cc(-c2nc(CCn3ccnc3)nn2-c2ccc(F)c(F)c2)c2cnccc2c1. The molecule has 2 aromatic carbocycles. The van der Waals surface area contributed by atoms with Gasteiger partial charge < -0.3 is 4.57 Å². The number of halogens is 3. The van der Waals surface area contributed by atoms with Crippen molar-refractivity contribution in [1.82, 2.24) is 29.3 Å². The molecule has 5 rings (SSSR count). The van der Waals surface area contributed by atoms with E-state index in [1.54, 1.807) is 31.0 Å². The lowest BCUT2D eigenvalue weighted by atomic mass is 10.1. The van der Waals surface area contributed by atoms with Gasteiger partial charge in [-0.2, -0.15) is 5.10 Å². The summed E-state index contributed by atoms with van der Waals surface area (Å²) in [5, 5.41) is 5.81. The third-order valence-corrected chi connectivity index (χ3v) is 4.91. The molecule has 3 aromatic heterocycles. The number of imidazole rings is 1. The highest BCUT2D eigenvalue weighted by Gasteiger charge is 2.18. The maximum Gasteiger partial charge on any atom is 0.164 e. The molecule has 0 spiro atoms. The predicted molar refractivity (Wildman–Crippen MR) is 108 cm³/mol. The Morgan fingerprint density at radius 2 is 1.81 bits per heavy atom.